The van der Waals surface area contributed by atoms with Crippen LogP contribution in [-0.2, 0) is 16.0 Å². The molecule has 0 atom stereocenters. The lowest BCUT2D eigenvalue weighted by atomic mass is 10.1. The summed E-state index contributed by atoms with van der Waals surface area (Å²) in [5, 5.41) is 0. The van der Waals surface area contributed by atoms with Crippen LogP contribution in [0.3, 0.4) is 0 Å². The van der Waals surface area contributed by atoms with E-state index in [-0.39, 0.29) is 46.7 Å². The predicted octanol–water partition coefficient (Wildman–Crippen LogP) is 3.83. The van der Waals surface area contributed by atoms with E-state index in [0.717, 1.165) is 6.07 Å². The summed E-state index contributed by atoms with van der Waals surface area (Å²) in [5.41, 5.74) is -4.28. The molecule has 0 aliphatic carbocycles. The van der Waals surface area contributed by atoms with E-state index in [1.54, 1.807) is 6.92 Å². The first-order valence-corrected chi connectivity index (χ1v) is 7.25. The highest BCUT2D eigenvalue weighted by atomic mass is 35.5. The van der Waals surface area contributed by atoms with Crippen molar-refractivity contribution in [2.24, 2.45) is 0 Å². The standard InChI is InChI=1S/C13H12ClF3O3S/c1-2-20-12(19)8-3-4-11(21-13(15,16)17)9(5-8)6-10(18)7-14/h3-5H,2,6-7H2,1H3. The highest BCUT2D eigenvalue weighted by Crippen LogP contribution is 2.39. The third kappa shape index (κ3) is 5.97. The van der Waals surface area contributed by atoms with Crippen LogP contribution in [0.2, 0.25) is 0 Å². The van der Waals surface area contributed by atoms with Gasteiger partial charge in [0, 0.05) is 11.3 Å². The van der Waals surface area contributed by atoms with E-state index in [1.165, 1.54) is 12.1 Å². The average molecular weight is 341 g/mol. The fourth-order valence-electron chi connectivity index (χ4n) is 1.54. The molecule has 0 radical (unpaired) electrons. The summed E-state index contributed by atoms with van der Waals surface area (Å²) in [7, 11) is 0. The van der Waals surface area contributed by atoms with Crippen molar-refractivity contribution < 1.29 is 27.5 Å². The second-order valence-corrected chi connectivity index (χ2v) is 5.31. The minimum atomic E-state index is -4.48. The van der Waals surface area contributed by atoms with Gasteiger partial charge >= 0.3 is 11.5 Å². The fourth-order valence-corrected chi connectivity index (χ4v) is 2.29. The van der Waals surface area contributed by atoms with Crippen molar-refractivity contribution in [1.29, 1.82) is 0 Å². The number of hydrogen-bond donors (Lipinski definition) is 0. The van der Waals surface area contributed by atoms with Gasteiger partial charge in [-0.2, -0.15) is 13.2 Å². The zero-order valence-electron chi connectivity index (χ0n) is 11.0. The number of hydrogen-bond acceptors (Lipinski definition) is 4. The van der Waals surface area contributed by atoms with Gasteiger partial charge in [0.05, 0.1) is 18.1 Å². The monoisotopic (exact) mass is 340 g/mol. The highest BCUT2D eigenvalue weighted by Gasteiger charge is 2.30. The van der Waals surface area contributed by atoms with Crippen molar-refractivity contribution in [2.75, 3.05) is 12.5 Å². The van der Waals surface area contributed by atoms with E-state index in [4.69, 9.17) is 16.3 Å². The molecule has 1 rings (SSSR count). The summed E-state index contributed by atoms with van der Waals surface area (Å²) in [5.74, 6) is -1.39. The van der Waals surface area contributed by atoms with Gasteiger partial charge < -0.3 is 4.74 Å². The van der Waals surface area contributed by atoms with Crippen molar-refractivity contribution in [2.45, 2.75) is 23.7 Å². The second-order valence-electron chi connectivity index (χ2n) is 3.94. The van der Waals surface area contributed by atoms with E-state index in [1.807, 2.05) is 0 Å². The topological polar surface area (TPSA) is 43.4 Å². The Morgan fingerprint density at radius 3 is 2.52 bits per heavy atom. The Kier molecular flexibility index (Phi) is 6.54. The molecule has 116 valence electrons. The van der Waals surface area contributed by atoms with Crippen molar-refractivity contribution in [3.8, 4) is 0 Å². The smallest absolute Gasteiger partial charge is 0.446 e. The predicted molar refractivity (Wildman–Crippen MR) is 73.7 cm³/mol. The van der Waals surface area contributed by atoms with Crippen LogP contribution in [0.5, 0.6) is 0 Å². The number of ketones is 1. The first kappa shape index (κ1) is 17.8. The molecule has 21 heavy (non-hydrogen) atoms. The minimum Gasteiger partial charge on any atom is -0.462 e. The van der Waals surface area contributed by atoms with Crippen molar-refractivity contribution in [1.82, 2.24) is 0 Å². The summed E-state index contributed by atoms with van der Waals surface area (Å²) >= 11 is 5.04. The molecule has 1 aromatic carbocycles. The van der Waals surface area contributed by atoms with Crippen LogP contribution in [0.15, 0.2) is 23.1 Å². The van der Waals surface area contributed by atoms with Crippen LogP contribution in [0, 0.1) is 0 Å². The molecule has 0 saturated carbocycles. The molecule has 0 amide bonds. The van der Waals surface area contributed by atoms with Gasteiger partial charge in [0.1, 0.15) is 0 Å². The van der Waals surface area contributed by atoms with Crippen molar-refractivity contribution in [3.63, 3.8) is 0 Å². The Morgan fingerprint density at radius 2 is 2.00 bits per heavy atom. The summed E-state index contributed by atoms with van der Waals surface area (Å²) < 4.78 is 42.2. The fraction of sp³-hybridized carbons (Fsp3) is 0.385. The number of benzene rings is 1. The van der Waals surface area contributed by atoms with Gasteiger partial charge in [0.25, 0.3) is 0 Å². The van der Waals surface area contributed by atoms with E-state index in [2.05, 4.69) is 0 Å². The molecule has 8 heteroatoms. The normalized spacial score (nSPS) is 11.3. The van der Waals surface area contributed by atoms with Gasteiger partial charge in [0.2, 0.25) is 0 Å². The van der Waals surface area contributed by atoms with Crippen LogP contribution in [-0.4, -0.2) is 29.7 Å². The molecule has 0 spiro atoms. The maximum atomic E-state index is 12.5. The number of alkyl halides is 4. The molecule has 0 heterocycles. The molecule has 0 aromatic heterocycles. The SMILES string of the molecule is CCOC(=O)c1ccc(SC(F)(F)F)c(CC(=O)CCl)c1. The number of rotatable bonds is 6. The Morgan fingerprint density at radius 1 is 1.33 bits per heavy atom. The quantitative estimate of drug-likeness (QED) is 0.448. The van der Waals surface area contributed by atoms with E-state index in [9.17, 15) is 22.8 Å². The molecule has 0 bridgehead atoms. The second kappa shape index (κ2) is 7.70. The summed E-state index contributed by atoms with van der Waals surface area (Å²) in [6.45, 7) is 1.76. The van der Waals surface area contributed by atoms with Crippen LogP contribution >= 0.6 is 23.4 Å². The van der Waals surface area contributed by atoms with Crippen molar-refractivity contribution in [3.05, 3.63) is 29.3 Å². The van der Waals surface area contributed by atoms with E-state index in [0.29, 0.717) is 0 Å². The Hall–Kier alpha value is -1.21. The third-order valence-electron chi connectivity index (χ3n) is 2.33. The zero-order chi connectivity index (χ0) is 16.0. The number of ether oxygens (including phenoxy) is 1. The first-order chi connectivity index (χ1) is 9.76. The number of Topliss-reactive ketones (excluding diaryl/α,β-unsaturated/α-hetero) is 1. The maximum Gasteiger partial charge on any atom is 0.446 e. The number of carbonyl (C=O) groups is 2. The van der Waals surface area contributed by atoms with Gasteiger partial charge in [-0.3, -0.25) is 4.79 Å². The number of esters is 1. The Bertz CT molecular complexity index is 532. The van der Waals surface area contributed by atoms with Crippen LogP contribution in [0.25, 0.3) is 0 Å². The molecular formula is C13H12ClF3O3S. The number of carbonyl (C=O) groups excluding carboxylic acids is 2. The summed E-state index contributed by atoms with van der Waals surface area (Å²) in [6.07, 6.45) is -0.269. The molecule has 0 aliphatic rings. The molecule has 0 saturated heterocycles. The van der Waals surface area contributed by atoms with E-state index >= 15 is 0 Å². The highest BCUT2D eigenvalue weighted by molar-refractivity contribution is 8.00. The lowest BCUT2D eigenvalue weighted by Gasteiger charge is -2.12. The maximum absolute atomic E-state index is 12.5. The summed E-state index contributed by atoms with van der Waals surface area (Å²) in [4.78, 5) is 22.8. The van der Waals surface area contributed by atoms with Gasteiger partial charge in [-0.05, 0) is 42.4 Å². The molecular weight excluding hydrogens is 329 g/mol. The van der Waals surface area contributed by atoms with E-state index < -0.39 is 17.3 Å². The van der Waals surface area contributed by atoms with Crippen molar-refractivity contribution >= 4 is 35.1 Å². The minimum absolute atomic E-state index is 0.0979. The molecule has 0 aliphatic heterocycles. The van der Waals surface area contributed by atoms with Gasteiger partial charge in [-0.25, -0.2) is 4.79 Å². The molecule has 0 fully saturated rings. The van der Waals surface area contributed by atoms with Gasteiger partial charge in [-0.15, -0.1) is 11.6 Å². The van der Waals surface area contributed by atoms with Gasteiger partial charge in [0.15, 0.2) is 5.78 Å². The number of thioether (sulfide) groups is 1. The molecule has 0 N–H and O–H groups in total. The summed E-state index contributed by atoms with van der Waals surface area (Å²) in [6, 6.07) is 3.62. The first-order valence-electron chi connectivity index (χ1n) is 5.90. The van der Waals surface area contributed by atoms with Crippen LogP contribution in [0.1, 0.15) is 22.8 Å². The molecule has 0 unspecified atom stereocenters. The Labute approximate surface area is 128 Å². The molecule has 1 aromatic rings. The van der Waals surface area contributed by atoms with Crippen LogP contribution < -0.4 is 0 Å². The zero-order valence-corrected chi connectivity index (χ0v) is 12.6. The van der Waals surface area contributed by atoms with Crippen LogP contribution in [0.4, 0.5) is 13.2 Å². The lowest BCUT2D eigenvalue weighted by molar-refractivity contribution is -0.116. The largest absolute Gasteiger partial charge is 0.462 e. The third-order valence-corrected chi connectivity index (χ3v) is 3.48. The number of halogens is 4. The lowest BCUT2D eigenvalue weighted by Crippen LogP contribution is -2.10. The Balaban J connectivity index is 3.13. The molecule has 3 nitrogen and oxygen atoms in total. The average Bonchev–Trinajstić information content (AvgIpc) is 2.39. The van der Waals surface area contributed by atoms with Gasteiger partial charge in [-0.1, -0.05) is 0 Å².